The summed E-state index contributed by atoms with van der Waals surface area (Å²) in [6, 6.07) is 5.57. The lowest BCUT2D eigenvalue weighted by atomic mass is 10.2. The summed E-state index contributed by atoms with van der Waals surface area (Å²) < 4.78 is 6.49. The number of unbranched alkanes of at least 4 members (excludes halogenated alkanes) is 1. The molecule has 1 rings (SSSR count). The van der Waals surface area contributed by atoms with E-state index < -0.39 is 0 Å². The summed E-state index contributed by atoms with van der Waals surface area (Å²) in [4.78, 5) is 11.2. The average molecular weight is 205 g/mol. The van der Waals surface area contributed by atoms with Gasteiger partial charge in [-0.05, 0) is 6.07 Å². The van der Waals surface area contributed by atoms with E-state index >= 15 is 0 Å². The molecule has 0 spiro atoms. The lowest BCUT2D eigenvalue weighted by Gasteiger charge is -1.98. The summed E-state index contributed by atoms with van der Waals surface area (Å²) in [5, 5.41) is 8.39. The van der Waals surface area contributed by atoms with E-state index in [0.717, 1.165) is 13.0 Å². The van der Waals surface area contributed by atoms with E-state index in [9.17, 15) is 4.79 Å². The van der Waals surface area contributed by atoms with Crippen LogP contribution in [0.1, 0.15) is 23.2 Å². The molecule has 0 atom stereocenters. The van der Waals surface area contributed by atoms with Gasteiger partial charge in [-0.1, -0.05) is 0 Å². The normalized spacial score (nSPS) is 9.33. The van der Waals surface area contributed by atoms with Crippen LogP contribution in [-0.2, 0) is 11.3 Å². The van der Waals surface area contributed by atoms with E-state index in [2.05, 4.69) is 10.8 Å². The largest absolute Gasteiger partial charge is 0.465 e. The summed E-state index contributed by atoms with van der Waals surface area (Å²) in [6.07, 6.45) is 4.90. The molecule has 78 valence electrons. The quantitative estimate of drug-likeness (QED) is 0.419. The molecule has 0 aliphatic heterocycles. The molecule has 0 radical (unpaired) electrons. The summed E-state index contributed by atoms with van der Waals surface area (Å²) in [6.45, 7) is 0.735. The van der Waals surface area contributed by atoms with Crippen molar-refractivity contribution in [2.75, 3.05) is 7.11 Å². The zero-order valence-electron chi connectivity index (χ0n) is 8.64. The van der Waals surface area contributed by atoms with Gasteiger partial charge in [0, 0.05) is 18.9 Å². The highest BCUT2D eigenvalue weighted by Gasteiger charge is 2.09. The second kappa shape index (κ2) is 5.76. The minimum atomic E-state index is -0.343. The van der Waals surface area contributed by atoms with Crippen LogP contribution in [0.15, 0.2) is 24.5 Å². The smallest absolute Gasteiger partial charge is 0.343 e. The van der Waals surface area contributed by atoms with Gasteiger partial charge in [0.05, 0.1) is 13.2 Å². The fourth-order valence-electron chi connectivity index (χ4n) is 1.24. The number of nitrogens with zero attached hydrogens (tertiary/aromatic N) is 2. The van der Waals surface area contributed by atoms with Crippen LogP contribution in [0.2, 0.25) is 0 Å². The molecular weight excluding hydrogens is 192 g/mol. The average Bonchev–Trinajstić information content (AvgIpc) is 2.29. The van der Waals surface area contributed by atoms with Crippen molar-refractivity contribution in [2.24, 2.45) is 0 Å². The summed E-state index contributed by atoms with van der Waals surface area (Å²) in [5.74, 6) is -0.343. The van der Waals surface area contributed by atoms with Crippen molar-refractivity contribution in [3.05, 3.63) is 30.1 Å². The molecule has 0 saturated carbocycles. The number of esters is 1. The molecular formula is C11H13N2O2+. The molecule has 0 unspecified atom stereocenters. The van der Waals surface area contributed by atoms with Gasteiger partial charge < -0.3 is 4.74 Å². The number of methoxy groups -OCH3 is 1. The number of hydrogen-bond donors (Lipinski definition) is 0. The predicted octanol–water partition coefficient (Wildman–Crippen LogP) is 1.06. The Bertz CT molecular complexity index is 382. The molecule has 1 aromatic heterocycles. The third kappa shape index (κ3) is 3.39. The van der Waals surface area contributed by atoms with Crippen LogP contribution in [0.4, 0.5) is 0 Å². The Kier molecular flexibility index (Phi) is 4.30. The lowest BCUT2D eigenvalue weighted by Crippen LogP contribution is -2.33. The molecule has 4 heteroatoms. The second-order valence-corrected chi connectivity index (χ2v) is 3.08. The SMILES string of the molecule is COC(=O)c1ccc[n+](CCCC#N)c1. The molecule has 0 aromatic carbocycles. The van der Waals surface area contributed by atoms with Crippen molar-refractivity contribution in [1.82, 2.24) is 0 Å². The molecule has 0 N–H and O–H groups in total. The second-order valence-electron chi connectivity index (χ2n) is 3.08. The zero-order chi connectivity index (χ0) is 11.1. The van der Waals surface area contributed by atoms with Gasteiger partial charge in [-0.25, -0.2) is 9.36 Å². The van der Waals surface area contributed by atoms with Gasteiger partial charge in [0.1, 0.15) is 12.1 Å². The maximum Gasteiger partial charge on any atom is 0.343 e. The van der Waals surface area contributed by atoms with Crippen LogP contribution in [0.5, 0.6) is 0 Å². The number of hydrogen-bond acceptors (Lipinski definition) is 3. The number of rotatable bonds is 4. The van der Waals surface area contributed by atoms with Crippen molar-refractivity contribution in [1.29, 1.82) is 5.26 Å². The Labute approximate surface area is 88.7 Å². The lowest BCUT2D eigenvalue weighted by molar-refractivity contribution is -0.697. The first-order valence-electron chi connectivity index (χ1n) is 4.72. The van der Waals surface area contributed by atoms with Crippen LogP contribution in [0, 0.1) is 11.3 Å². The molecule has 0 aliphatic rings. The van der Waals surface area contributed by atoms with E-state index in [0.29, 0.717) is 12.0 Å². The molecule has 4 nitrogen and oxygen atoms in total. The van der Waals surface area contributed by atoms with Crippen molar-refractivity contribution in [2.45, 2.75) is 19.4 Å². The topological polar surface area (TPSA) is 54.0 Å². The van der Waals surface area contributed by atoms with Crippen molar-refractivity contribution >= 4 is 5.97 Å². The zero-order valence-corrected chi connectivity index (χ0v) is 8.64. The van der Waals surface area contributed by atoms with Crippen LogP contribution in [0.3, 0.4) is 0 Å². The number of ether oxygens (including phenoxy) is 1. The van der Waals surface area contributed by atoms with Gasteiger partial charge in [-0.2, -0.15) is 5.26 Å². The maximum atomic E-state index is 11.2. The number of pyridine rings is 1. The standard InChI is InChI=1S/C11H13N2O2/c1-15-11(14)10-5-4-8-13(9-10)7-3-2-6-12/h4-5,8-9H,2-3,7H2,1H3/q+1. The first-order valence-corrected chi connectivity index (χ1v) is 4.72. The maximum absolute atomic E-state index is 11.2. The van der Waals surface area contributed by atoms with Crippen LogP contribution < -0.4 is 4.57 Å². The first kappa shape index (κ1) is 11.2. The van der Waals surface area contributed by atoms with Gasteiger partial charge in [0.25, 0.3) is 0 Å². The van der Waals surface area contributed by atoms with Gasteiger partial charge in [-0.3, -0.25) is 0 Å². The molecule has 0 aliphatic carbocycles. The summed E-state index contributed by atoms with van der Waals surface area (Å²) >= 11 is 0. The number of aryl methyl sites for hydroxylation is 1. The van der Waals surface area contributed by atoms with E-state index in [-0.39, 0.29) is 5.97 Å². The van der Waals surface area contributed by atoms with Crippen molar-refractivity contribution in [3.63, 3.8) is 0 Å². The third-order valence-electron chi connectivity index (χ3n) is 1.98. The fourth-order valence-corrected chi connectivity index (χ4v) is 1.24. The van der Waals surface area contributed by atoms with E-state index in [1.807, 2.05) is 10.8 Å². The van der Waals surface area contributed by atoms with E-state index in [1.54, 1.807) is 18.3 Å². The Hall–Kier alpha value is -1.89. The molecule has 1 aromatic rings. The van der Waals surface area contributed by atoms with Crippen molar-refractivity contribution < 1.29 is 14.1 Å². The minimum absolute atomic E-state index is 0.343. The summed E-state index contributed by atoms with van der Waals surface area (Å²) in [7, 11) is 1.36. The predicted molar refractivity (Wildman–Crippen MR) is 52.8 cm³/mol. The third-order valence-corrected chi connectivity index (χ3v) is 1.98. The minimum Gasteiger partial charge on any atom is -0.465 e. The highest BCUT2D eigenvalue weighted by atomic mass is 16.5. The van der Waals surface area contributed by atoms with Gasteiger partial charge in [-0.15, -0.1) is 0 Å². The van der Waals surface area contributed by atoms with Crippen molar-refractivity contribution in [3.8, 4) is 6.07 Å². The highest BCUT2D eigenvalue weighted by molar-refractivity contribution is 5.88. The van der Waals surface area contributed by atoms with Gasteiger partial charge in [0.15, 0.2) is 12.4 Å². The molecule has 0 saturated heterocycles. The number of aromatic nitrogens is 1. The fraction of sp³-hybridized carbons (Fsp3) is 0.364. The number of carbonyl (C=O) groups is 1. The Balaban J connectivity index is 2.66. The molecule has 15 heavy (non-hydrogen) atoms. The van der Waals surface area contributed by atoms with Crippen LogP contribution in [-0.4, -0.2) is 13.1 Å². The van der Waals surface area contributed by atoms with E-state index in [4.69, 9.17) is 5.26 Å². The molecule has 1 heterocycles. The van der Waals surface area contributed by atoms with Gasteiger partial charge in [0.2, 0.25) is 0 Å². The molecule has 0 bridgehead atoms. The molecule has 0 fully saturated rings. The Morgan fingerprint density at radius 1 is 1.67 bits per heavy atom. The Morgan fingerprint density at radius 3 is 3.13 bits per heavy atom. The van der Waals surface area contributed by atoms with Gasteiger partial charge >= 0.3 is 5.97 Å². The molecule has 0 amide bonds. The highest BCUT2D eigenvalue weighted by Crippen LogP contribution is 1.97. The monoisotopic (exact) mass is 205 g/mol. The first-order chi connectivity index (χ1) is 7.27. The van der Waals surface area contributed by atoms with E-state index in [1.165, 1.54) is 7.11 Å². The number of nitriles is 1. The summed E-state index contributed by atoms with van der Waals surface area (Å²) in [5.41, 5.74) is 0.525. The van der Waals surface area contributed by atoms with Crippen LogP contribution in [0.25, 0.3) is 0 Å². The number of carbonyl (C=O) groups excluding carboxylic acids is 1. The Morgan fingerprint density at radius 2 is 2.47 bits per heavy atom. The van der Waals surface area contributed by atoms with Crippen LogP contribution >= 0.6 is 0 Å².